The zero-order chi connectivity index (χ0) is 18.1. The van der Waals surface area contributed by atoms with Crippen molar-refractivity contribution in [2.24, 2.45) is 5.92 Å². The molecule has 7 nitrogen and oxygen atoms in total. The number of fused-ring (bicyclic) bond motifs is 1. The summed E-state index contributed by atoms with van der Waals surface area (Å²) in [4.78, 5) is 17.1. The Bertz CT molecular complexity index is 781. The molecule has 0 bridgehead atoms. The summed E-state index contributed by atoms with van der Waals surface area (Å²) < 4.78 is 10.5. The van der Waals surface area contributed by atoms with Crippen molar-refractivity contribution in [3.8, 4) is 5.88 Å². The molecule has 2 aromatic rings. The Balaban J connectivity index is 1.56. The van der Waals surface area contributed by atoms with E-state index in [0.29, 0.717) is 24.4 Å². The van der Waals surface area contributed by atoms with Crippen LogP contribution in [0, 0.1) is 5.92 Å². The highest BCUT2D eigenvalue weighted by Crippen LogP contribution is 2.38. The summed E-state index contributed by atoms with van der Waals surface area (Å²) in [7, 11) is 1.57. The third-order valence-corrected chi connectivity index (χ3v) is 5.40. The molecule has 0 unspecified atom stereocenters. The van der Waals surface area contributed by atoms with E-state index in [9.17, 15) is 9.90 Å². The number of amides is 1. The molecular weight excluding hydrogens is 334 g/mol. The lowest BCUT2D eigenvalue weighted by atomic mass is 9.75. The molecular formula is C19H23N3O4. The van der Waals surface area contributed by atoms with Crippen molar-refractivity contribution in [1.82, 2.24) is 15.5 Å². The molecule has 0 spiro atoms. The van der Waals surface area contributed by atoms with Crippen LogP contribution in [0.25, 0.3) is 0 Å². The summed E-state index contributed by atoms with van der Waals surface area (Å²) in [6.45, 7) is 0. The zero-order valence-electron chi connectivity index (χ0n) is 14.8. The fraction of sp³-hybridized carbons (Fsp3) is 0.526. The molecule has 0 aromatic carbocycles. The van der Waals surface area contributed by atoms with Gasteiger partial charge in [0.2, 0.25) is 5.88 Å². The number of pyridine rings is 1. The lowest BCUT2D eigenvalue weighted by Crippen LogP contribution is -2.41. The van der Waals surface area contributed by atoms with E-state index in [1.807, 2.05) is 6.07 Å². The molecule has 1 saturated carbocycles. The molecule has 2 aliphatic carbocycles. The van der Waals surface area contributed by atoms with Gasteiger partial charge in [0.1, 0.15) is 5.76 Å². The van der Waals surface area contributed by atoms with E-state index < -0.39 is 0 Å². The number of aryl methyl sites for hydroxylation is 1. The van der Waals surface area contributed by atoms with Crippen LogP contribution in [0.1, 0.15) is 59.1 Å². The van der Waals surface area contributed by atoms with Crippen LogP contribution >= 0.6 is 0 Å². The van der Waals surface area contributed by atoms with Gasteiger partial charge in [-0.15, -0.1) is 0 Å². The second-order valence-corrected chi connectivity index (χ2v) is 7.11. The predicted molar refractivity (Wildman–Crippen MR) is 92.9 cm³/mol. The number of aliphatic hydroxyl groups excluding tert-OH is 1. The number of carbonyl (C=O) groups excluding carboxylic acids is 1. The Morgan fingerprint density at radius 3 is 2.85 bits per heavy atom. The lowest BCUT2D eigenvalue weighted by molar-refractivity contribution is 0.0233. The minimum absolute atomic E-state index is 0.173. The lowest BCUT2D eigenvalue weighted by Gasteiger charge is -2.38. The fourth-order valence-corrected chi connectivity index (χ4v) is 3.84. The van der Waals surface area contributed by atoms with E-state index in [-0.39, 0.29) is 24.0 Å². The van der Waals surface area contributed by atoms with E-state index in [1.54, 1.807) is 19.4 Å². The second kappa shape index (κ2) is 7.07. The molecule has 138 valence electrons. The van der Waals surface area contributed by atoms with Gasteiger partial charge in [-0.1, -0.05) is 11.2 Å². The van der Waals surface area contributed by atoms with Gasteiger partial charge in [0, 0.05) is 24.2 Å². The first-order chi connectivity index (χ1) is 12.7. The topological polar surface area (TPSA) is 97.5 Å². The monoisotopic (exact) mass is 357 g/mol. The van der Waals surface area contributed by atoms with Gasteiger partial charge < -0.3 is 19.7 Å². The first-order valence-corrected chi connectivity index (χ1v) is 9.12. The maximum absolute atomic E-state index is 12.9. The van der Waals surface area contributed by atoms with Gasteiger partial charge in [-0.25, -0.2) is 4.98 Å². The van der Waals surface area contributed by atoms with Crippen LogP contribution in [0.2, 0.25) is 0 Å². The fourth-order valence-electron chi connectivity index (χ4n) is 3.84. The molecule has 4 rings (SSSR count). The van der Waals surface area contributed by atoms with Gasteiger partial charge >= 0.3 is 0 Å². The Morgan fingerprint density at radius 2 is 2.15 bits per heavy atom. The number of hydrogen-bond acceptors (Lipinski definition) is 6. The molecule has 0 aliphatic heterocycles. The Labute approximate surface area is 151 Å². The molecule has 1 amide bonds. The van der Waals surface area contributed by atoms with E-state index in [0.717, 1.165) is 42.6 Å². The van der Waals surface area contributed by atoms with Crippen molar-refractivity contribution in [3.05, 3.63) is 40.9 Å². The third kappa shape index (κ3) is 3.19. The summed E-state index contributed by atoms with van der Waals surface area (Å²) >= 11 is 0. The van der Waals surface area contributed by atoms with Gasteiger partial charge in [0.25, 0.3) is 5.91 Å². The van der Waals surface area contributed by atoms with E-state index >= 15 is 0 Å². The van der Waals surface area contributed by atoms with Crippen molar-refractivity contribution in [2.75, 3.05) is 7.11 Å². The molecule has 2 aliphatic rings. The van der Waals surface area contributed by atoms with Crippen molar-refractivity contribution < 1.29 is 19.2 Å². The Kier molecular flexibility index (Phi) is 4.63. The maximum Gasteiger partial charge on any atom is 0.274 e. The molecule has 2 N–H and O–H groups in total. The molecule has 7 heteroatoms. The van der Waals surface area contributed by atoms with Crippen LogP contribution in [0.5, 0.6) is 5.88 Å². The number of rotatable bonds is 5. The van der Waals surface area contributed by atoms with Crippen molar-refractivity contribution >= 4 is 5.91 Å². The first-order valence-electron chi connectivity index (χ1n) is 9.12. The molecule has 1 fully saturated rings. The maximum atomic E-state index is 12.9. The zero-order valence-corrected chi connectivity index (χ0v) is 14.8. The van der Waals surface area contributed by atoms with Crippen LogP contribution in [0.4, 0.5) is 0 Å². The summed E-state index contributed by atoms with van der Waals surface area (Å²) in [6.07, 6.45) is 6.53. The minimum atomic E-state index is -0.301. The minimum Gasteiger partial charge on any atom is -0.481 e. The molecule has 2 heterocycles. The Morgan fingerprint density at radius 1 is 1.35 bits per heavy atom. The number of nitrogens with one attached hydrogen (secondary N) is 1. The largest absolute Gasteiger partial charge is 0.481 e. The number of nitrogens with zero attached hydrogens (tertiary/aromatic N) is 2. The quantitative estimate of drug-likeness (QED) is 0.851. The molecule has 26 heavy (non-hydrogen) atoms. The van der Waals surface area contributed by atoms with E-state index in [1.165, 1.54) is 0 Å². The number of ether oxygens (including phenoxy) is 1. The van der Waals surface area contributed by atoms with Crippen LogP contribution < -0.4 is 10.1 Å². The summed E-state index contributed by atoms with van der Waals surface area (Å²) in [6, 6.07) is 3.46. The van der Waals surface area contributed by atoms with Crippen LogP contribution in [0.3, 0.4) is 0 Å². The summed E-state index contributed by atoms with van der Waals surface area (Å²) in [5.74, 6) is 1.31. The predicted octanol–water partition coefficient (Wildman–Crippen LogP) is 2.20. The number of aromatic nitrogens is 2. The van der Waals surface area contributed by atoms with Crippen LogP contribution in [-0.2, 0) is 12.8 Å². The molecule has 0 radical (unpaired) electrons. The van der Waals surface area contributed by atoms with Gasteiger partial charge in [-0.3, -0.25) is 4.79 Å². The van der Waals surface area contributed by atoms with Crippen LogP contribution in [0.15, 0.2) is 22.9 Å². The van der Waals surface area contributed by atoms with Crippen LogP contribution in [-0.4, -0.2) is 34.4 Å². The van der Waals surface area contributed by atoms with Gasteiger partial charge in [-0.05, 0) is 43.6 Å². The molecule has 1 atom stereocenters. The first kappa shape index (κ1) is 17.0. The highest BCUT2D eigenvalue weighted by atomic mass is 16.5. The third-order valence-electron chi connectivity index (χ3n) is 5.40. The normalized spacial score (nSPS) is 22.8. The SMILES string of the molecule is COc1ccc([C@@H](NC(=O)c2noc3c2CCCC3)C2CC(O)C2)cn1. The average molecular weight is 357 g/mol. The number of aliphatic hydroxyl groups is 1. The number of carbonyl (C=O) groups is 1. The second-order valence-electron chi connectivity index (χ2n) is 7.11. The van der Waals surface area contributed by atoms with Crippen molar-refractivity contribution in [3.63, 3.8) is 0 Å². The van der Waals surface area contributed by atoms with Crippen molar-refractivity contribution in [1.29, 1.82) is 0 Å². The Hall–Kier alpha value is -2.41. The molecule has 0 saturated heterocycles. The highest BCUT2D eigenvalue weighted by Gasteiger charge is 2.37. The number of methoxy groups -OCH3 is 1. The highest BCUT2D eigenvalue weighted by molar-refractivity contribution is 5.94. The van der Waals surface area contributed by atoms with Gasteiger partial charge in [0.05, 0.1) is 19.3 Å². The summed E-state index contributed by atoms with van der Waals surface area (Å²) in [5.41, 5.74) is 2.23. The van der Waals surface area contributed by atoms with Gasteiger partial charge in [-0.2, -0.15) is 0 Å². The van der Waals surface area contributed by atoms with Crippen molar-refractivity contribution in [2.45, 2.75) is 50.7 Å². The number of hydrogen-bond donors (Lipinski definition) is 2. The summed E-state index contributed by atoms with van der Waals surface area (Å²) in [5, 5.41) is 16.8. The smallest absolute Gasteiger partial charge is 0.274 e. The van der Waals surface area contributed by atoms with E-state index in [2.05, 4.69) is 15.5 Å². The standard InChI is InChI=1S/C19H23N3O4/c1-25-16-7-6-11(10-20-16)17(12-8-13(23)9-12)21-19(24)18-14-4-2-3-5-15(14)26-22-18/h6-7,10,12-13,17,23H,2-5,8-9H2,1H3,(H,21,24)/t12?,13?,17-/m1/s1. The average Bonchev–Trinajstić information content (AvgIpc) is 3.08. The van der Waals surface area contributed by atoms with E-state index in [4.69, 9.17) is 9.26 Å². The van der Waals surface area contributed by atoms with Gasteiger partial charge in [0.15, 0.2) is 5.69 Å². The molecule has 2 aromatic heterocycles.